The topological polar surface area (TPSA) is 149 Å². The summed E-state index contributed by atoms with van der Waals surface area (Å²) >= 11 is 1.52. The Morgan fingerprint density at radius 3 is 2.80 bits per heavy atom. The quantitative estimate of drug-likeness (QED) is 0.358. The molecule has 11 nitrogen and oxygen atoms in total. The zero-order chi connectivity index (χ0) is 27.8. The van der Waals surface area contributed by atoms with Crippen molar-refractivity contribution in [2.24, 2.45) is 0 Å². The third-order valence-corrected chi connectivity index (χ3v) is 10.7. The van der Waals surface area contributed by atoms with Gasteiger partial charge >= 0.3 is 0 Å². The molecule has 4 atom stereocenters. The van der Waals surface area contributed by atoms with E-state index >= 15 is 0 Å². The molecule has 3 aliphatic rings. The maximum atomic E-state index is 12.9. The minimum Gasteiger partial charge on any atom is -0.389 e. The van der Waals surface area contributed by atoms with E-state index in [1.54, 1.807) is 12.5 Å². The fraction of sp³-hybridized carbons (Fsp3) is 0.519. The first-order valence-electron chi connectivity index (χ1n) is 13.5. The van der Waals surface area contributed by atoms with E-state index in [1.807, 2.05) is 18.8 Å². The molecule has 0 saturated carbocycles. The van der Waals surface area contributed by atoms with Gasteiger partial charge in [0.05, 0.1) is 58.7 Å². The van der Waals surface area contributed by atoms with E-state index in [4.69, 9.17) is 25.0 Å². The lowest BCUT2D eigenvalue weighted by atomic mass is 9.63. The average Bonchev–Trinajstić information content (AvgIpc) is 3.72. The van der Waals surface area contributed by atoms with Crippen LogP contribution in [0.5, 0.6) is 0 Å². The summed E-state index contributed by atoms with van der Waals surface area (Å²) in [5.74, 6) is 1.17. The number of rotatable bonds is 4. The highest BCUT2D eigenvalue weighted by Crippen LogP contribution is 2.55. The van der Waals surface area contributed by atoms with Crippen LogP contribution >= 0.6 is 11.3 Å². The van der Waals surface area contributed by atoms with E-state index in [9.17, 15) is 9.47 Å². The van der Waals surface area contributed by atoms with Gasteiger partial charge in [-0.3, -0.25) is 4.21 Å². The number of thiophene rings is 1. The summed E-state index contributed by atoms with van der Waals surface area (Å²) in [6.07, 6.45) is 8.64. The largest absolute Gasteiger partial charge is 0.389 e. The lowest BCUT2D eigenvalue weighted by molar-refractivity contribution is 0.169. The van der Waals surface area contributed by atoms with Gasteiger partial charge in [-0.25, -0.2) is 14.6 Å². The molecule has 2 N–H and O–H groups in total. The SMILES string of the molecule is CN(C)C1COCC1n1ncc2c(S(C)=O)nc(-c3noc4c3CCC[C@@]43CCCc4sc(N)c(C#N)c43)nc21. The number of ether oxygens (including phenoxy) is 1. The van der Waals surface area contributed by atoms with Crippen LogP contribution < -0.4 is 5.73 Å². The molecule has 0 bridgehead atoms. The van der Waals surface area contributed by atoms with Crippen LogP contribution in [0, 0.1) is 11.3 Å². The first-order chi connectivity index (χ1) is 19.3. The molecule has 0 aromatic carbocycles. The molecule has 208 valence electrons. The van der Waals surface area contributed by atoms with Gasteiger partial charge in [0.2, 0.25) is 0 Å². The molecule has 0 radical (unpaired) electrons. The van der Waals surface area contributed by atoms with Gasteiger partial charge in [0.25, 0.3) is 0 Å². The second-order valence-electron chi connectivity index (χ2n) is 11.1. The molecule has 0 amide bonds. The first kappa shape index (κ1) is 25.8. The Kier molecular flexibility index (Phi) is 6.08. The summed E-state index contributed by atoms with van der Waals surface area (Å²) in [6, 6.07) is 2.45. The molecule has 7 rings (SSSR count). The molecule has 2 aliphatic carbocycles. The monoisotopic (exact) mass is 578 g/mol. The maximum Gasteiger partial charge on any atom is 0.185 e. The molecule has 1 spiro atoms. The summed E-state index contributed by atoms with van der Waals surface area (Å²) < 4.78 is 26.7. The van der Waals surface area contributed by atoms with Gasteiger partial charge in [-0.15, -0.1) is 11.3 Å². The Labute approximate surface area is 237 Å². The summed E-state index contributed by atoms with van der Waals surface area (Å²) in [5, 5.41) is 20.9. The molecule has 13 heteroatoms. The zero-order valence-electron chi connectivity index (χ0n) is 22.6. The second kappa shape index (κ2) is 9.44. The van der Waals surface area contributed by atoms with E-state index < -0.39 is 16.2 Å². The van der Waals surface area contributed by atoms with Gasteiger partial charge in [0, 0.05) is 16.7 Å². The van der Waals surface area contributed by atoms with Gasteiger partial charge in [0.15, 0.2) is 22.9 Å². The number of hydrogen-bond donors (Lipinski definition) is 1. The molecular formula is C27H30N8O3S2. The van der Waals surface area contributed by atoms with Gasteiger partial charge in [-0.1, -0.05) is 5.16 Å². The van der Waals surface area contributed by atoms with Crippen LogP contribution in [0.2, 0.25) is 0 Å². The van der Waals surface area contributed by atoms with Crippen molar-refractivity contribution in [3.8, 4) is 17.6 Å². The lowest BCUT2D eigenvalue weighted by Crippen LogP contribution is -2.36. The summed E-state index contributed by atoms with van der Waals surface area (Å²) in [4.78, 5) is 13.0. The van der Waals surface area contributed by atoms with Gasteiger partial charge in [-0.05, 0) is 58.2 Å². The van der Waals surface area contributed by atoms with Crippen molar-refractivity contribution in [1.82, 2.24) is 29.8 Å². The fourth-order valence-corrected chi connectivity index (χ4v) is 8.77. The number of nitriles is 1. The van der Waals surface area contributed by atoms with Crippen LogP contribution in [-0.4, -0.2) is 73.6 Å². The normalized spacial score (nSPS) is 24.9. The molecule has 4 aromatic rings. The van der Waals surface area contributed by atoms with Crippen LogP contribution in [-0.2, 0) is 33.8 Å². The smallest absolute Gasteiger partial charge is 0.185 e. The van der Waals surface area contributed by atoms with Crippen molar-refractivity contribution in [2.75, 3.05) is 39.3 Å². The summed E-state index contributed by atoms with van der Waals surface area (Å²) in [5.41, 5.74) is 9.59. The minimum absolute atomic E-state index is 0.0444. The van der Waals surface area contributed by atoms with E-state index in [0.717, 1.165) is 55.4 Å². The molecule has 3 unspecified atom stereocenters. The number of nitrogens with two attached hydrogens (primary N) is 1. The van der Waals surface area contributed by atoms with Crippen LogP contribution in [0.25, 0.3) is 22.6 Å². The number of hydrogen-bond acceptors (Lipinski definition) is 11. The predicted molar refractivity (Wildman–Crippen MR) is 151 cm³/mol. The van der Waals surface area contributed by atoms with Crippen molar-refractivity contribution >= 4 is 38.2 Å². The Balaban J connectivity index is 1.40. The maximum absolute atomic E-state index is 12.9. The zero-order valence-corrected chi connectivity index (χ0v) is 24.3. The van der Waals surface area contributed by atoms with Crippen molar-refractivity contribution in [3.05, 3.63) is 33.5 Å². The second-order valence-corrected chi connectivity index (χ2v) is 13.6. The van der Waals surface area contributed by atoms with E-state index in [1.165, 1.54) is 16.2 Å². The van der Waals surface area contributed by atoms with Crippen LogP contribution in [0.4, 0.5) is 5.00 Å². The molecular weight excluding hydrogens is 548 g/mol. The highest BCUT2D eigenvalue weighted by Gasteiger charge is 2.49. The predicted octanol–water partition coefficient (Wildman–Crippen LogP) is 3.19. The highest BCUT2D eigenvalue weighted by molar-refractivity contribution is 7.84. The highest BCUT2D eigenvalue weighted by atomic mass is 32.2. The number of aryl methyl sites for hydroxylation is 1. The standard InChI is InChI=1S/C27H30N8O3S2/c1-34(2)17-12-37-13-18(17)35-25-16(11-30-35)26(40(3)36)32-24(31-25)21-14-6-4-8-27(22(14)38-33-21)9-5-7-19-20(27)15(10-28)23(29)39-19/h11,17-18H,4-9,12-13,29H2,1-3H3/t17?,18?,27-,40?/m0/s1. The molecule has 1 aliphatic heterocycles. The third-order valence-electron chi connectivity index (χ3n) is 8.76. The van der Waals surface area contributed by atoms with Crippen molar-refractivity contribution < 1.29 is 13.5 Å². The van der Waals surface area contributed by atoms with Crippen molar-refractivity contribution in [1.29, 1.82) is 5.26 Å². The number of nitrogens with zero attached hydrogens (tertiary/aromatic N) is 7. The minimum atomic E-state index is -1.38. The van der Waals surface area contributed by atoms with Crippen molar-refractivity contribution in [3.63, 3.8) is 0 Å². The average molecular weight is 579 g/mol. The Morgan fingerprint density at radius 2 is 2.05 bits per heavy atom. The number of nitrogen functional groups attached to an aromatic ring is 1. The number of likely N-dealkylation sites (N-methyl/N-ethyl adjacent to an activating group) is 1. The first-order valence-corrected chi connectivity index (χ1v) is 15.9. The third kappa shape index (κ3) is 3.62. The van der Waals surface area contributed by atoms with E-state index in [2.05, 4.69) is 21.2 Å². The molecule has 40 heavy (non-hydrogen) atoms. The van der Waals surface area contributed by atoms with E-state index in [-0.39, 0.29) is 12.1 Å². The Hall–Kier alpha value is -3.18. The molecule has 4 aromatic heterocycles. The van der Waals surface area contributed by atoms with Gasteiger partial charge in [-0.2, -0.15) is 10.4 Å². The van der Waals surface area contributed by atoms with Gasteiger partial charge in [0.1, 0.15) is 16.1 Å². The Bertz CT molecular complexity index is 1710. The van der Waals surface area contributed by atoms with Crippen LogP contribution in [0.3, 0.4) is 0 Å². The van der Waals surface area contributed by atoms with Gasteiger partial charge < -0.3 is 19.9 Å². The Morgan fingerprint density at radius 1 is 1.25 bits per heavy atom. The summed E-state index contributed by atoms with van der Waals surface area (Å²) in [7, 11) is 2.67. The van der Waals surface area contributed by atoms with Crippen LogP contribution in [0.1, 0.15) is 59.1 Å². The lowest BCUT2D eigenvalue weighted by Gasteiger charge is -2.39. The summed E-state index contributed by atoms with van der Waals surface area (Å²) in [6.45, 7) is 1.11. The number of anilines is 1. The fourth-order valence-electron chi connectivity index (χ4n) is 6.94. The van der Waals surface area contributed by atoms with Crippen molar-refractivity contribution in [2.45, 2.75) is 61.0 Å². The molecule has 1 fully saturated rings. The number of aromatic nitrogens is 5. The molecule has 1 saturated heterocycles. The number of fused-ring (bicyclic) bond motifs is 5. The molecule has 5 heterocycles. The van der Waals surface area contributed by atoms with Crippen LogP contribution in [0.15, 0.2) is 15.7 Å². The van der Waals surface area contributed by atoms with E-state index in [0.29, 0.717) is 51.4 Å².